The first-order valence-corrected chi connectivity index (χ1v) is 7.12. The summed E-state index contributed by atoms with van der Waals surface area (Å²) in [5, 5.41) is 3.60. The van der Waals surface area contributed by atoms with Crippen LogP contribution in [0.25, 0.3) is 0 Å². The van der Waals surface area contributed by atoms with Gasteiger partial charge < -0.3 is 5.32 Å². The van der Waals surface area contributed by atoms with Crippen LogP contribution in [0.3, 0.4) is 0 Å². The van der Waals surface area contributed by atoms with E-state index < -0.39 is 0 Å². The van der Waals surface area contributed by atoms with E-state index in [9.17, 15) is 4.39 Å². The molecule has 2 rings (SSSR count). The number of piperazine rings is 1. The Morgan fingerprint density at radius 2 is 2.05 bits per heavy atom. The van der Waals surface area contributed by atoms with E-state index in [1.165, 1.54) is 0 Å². The van der Waals surface area contributed by atoms with Gasteiger partial charge in [-0.3, -0.25) is 4.90 Å². The fourth-order valence-corrected chi connectivity index (χ4v) is 2.60. The minimum atomic E-state index is -0.0991. The van der Waals surface area contributed by atoms with Crippen molar-refractivity contribution in [2.45, 2.75) is 45.8 Å². The van der Waals surface area contributed by atoms with Crippen LogP contribution in [0.1, 0.15) is 33.3 Å². The molecule has 0 radical (unpaired) electrons. The Kier molecular flexibility index (Phi) is 4.26. The first-order valence-electron chi connectivity index (χ1n) is 7.12. The van der Waals surface area contributed by atoms with Crippen molar-refractivity contribution in [2.24, 2.45) is 5.92 Å². The molecule has 1 heterocycles. The number of nitrogens with one attached hydrogen (secondary N) is 1. The number of rotatable bonds is 3. The molecule has 2 nitrogen and oxygen atoms in total. The highest BCUT2D eigenvalue weighted by Crippen LogP contribution is 2.24. The van der Waals surface area contributed by atoms with Gasteiger partial charge in [0.25, 0.3) is 0 Å². The molecule has 0 saturated carbocycles. The fraction of sp³-hybridized carbons (Fsp3) is 0.625. The van der Waals surface area contributed by atoms with E-state index in [1.54, 1.807) is 12.1 Å². The van der Waals surface area contributed by atoms with Gasteiger partial charge in [0.1, 0.15) is 5.82 Å². The lowest BCUT2D eigenvalue weighted by atomic mass is 9.92. The number of hydrogen-bond donors (Lipinski definition) is 1. The van der Waals surface area contributed by atoms with Gasteiger partial charge in [-0.15, -0.1) is 0 Å². The van der Waals surface area contributed by atoms with E-state index >= 15 is 0 Å². The van der Waals surface area contributed by atoms with Gasteiger partial charge in [0.2, 0.25) is 0 Å². The van der Waals surface area contributed by atoms with Crippen LogP contribution in [0.15, 0.2) is 24.3 Å². The molecule has 1 aromatic rings. The average Bonchev–Trinajstić information content (AvgIpc) is 2.34. The van der Waals surface area contributed by atoms with Crippen molar-refractivity contribution in [3.8, 4) is 0 Å². The highest BCUT2D eigenvalue weighted by atomic mass is 19.1. The third-order valence-electron chi connectivity index (χ3n) is 4.19. The normalized spacial score (nSPS) is 23.8. The Morgan fingerprint density at radius 3 is 2.68 bits per heavy atom. The molecular formula is C16H25FN2. The van der Waals surface area contributed by atoms with Gasteiger partial charge in [0.05, 0.1) is 0 Å². The van der Waals surface area contributed by atoms with Crippen molar-refractivity contribution in [1.82, 2.24) is 10.2 Å². The van der Waals surface area contributed by atoms with Crippen molar-refractivity contribution in [3.05, 3.63) is 35.6 Å². The van der Waals surface area contributed by atoms with E-state index in [-0.39, 0.29) is 11.4 Å². The quantitative estimate of drug-likeness (QED) is 0.902. The molecule has 0 amide bonds. The SMILES string of the molecule is CC(C)C1CN(Cc2ccccc2F)C(C)(C)CN1. The lowest BCUT2D eigenvalue weighted by Gasteiger charge is -2.47. The summed E-state index contributed by atoms with van der Waals surface area (Å²) in [5.41, 5.74) is 0.855. The van der Waals surface area contributed by atoms with Gasteiger partial charge in [-0.05, 0) is 25.8 Å². The van der Waals surface area contributed by atoms with Crippen LogP contribution in [0.5, 0.6) is 0 Å². The number of hydrogen-bond acceptors (Lipinski definition) is 2. The first-order chi connectivity index (χ1) is 8.90. The lowest BCUT2D eigenvalue weighted by molar-refractivity contribution is 0.0466. The maximum absolute atomic E-state index is 13.8. The molecule has 3 heteroatoms. The summed E-state index contributed by atoms with van der Waals surface area (Å²) in [6.45, 7) is 11.5. The summed E-state index contributed by atoms with van der Waals surface area (Å²) in [6, 6.07) is 7.58. The molecule has 1 fully saturated rings. The Bertz CT molecular complexity index is 429. The molecule has 1 N–H and O–H groups in total. The summed E-state index contributed by atoms with van der Waals surface area (Å²) in [7, 11) is 0. The van der Waals surface area contributed by atoms with Crippen LogP contribution in [-0.2, 0) is 6.54 Å². The topological polar surface area (TPSA) is 15.3 Å². The summed E-state index contributed by atoms with van der Waals surface area (Å²) >= 11 is 0. The summed E-state index contributed by atoms with van der Waals surface area (Å²) in [6.07, 6.45) is 0. The molecule has 0 aromatic heterocycles. The smallest absolute Gasteiger partial charge is 0.127 e. The van der Waals surface area contributed by atoms with Crippen LogP contribution in [0.2, 0.25) is 0 Å². The van der Waals surface area contributed by atoms with Gasteiger partial charge >= 0.3 is 0 Å². The molecule has 1 aliphatic rings. The maximum atomic E-state index is 13.8. The van der Waals surface area contributed by atoms with E-state index in [0.29, 0.717) is 18.5 Å². The van der Waals surface area contributed by atoms with Crippen LogP contribution < -0.4 is 5.32 Å². The molecule has 0 spiro atoms. The van der Waals surface area contributed by atoms with Crippen molar-refractivity contribution < 1.29 is 4.39 Å². The Hall–Kier alpha value is -0.930. The second-order valence-corrected chi connectivity index (χ2v) is 6.52. The molecule has 19 heavy (non-hydrogen) atoms. The lowest BCUT2D eigenvalue weighted by Crippen LogP contribution is -2.62. The molecule has 1 saturated heterocycles. The monoisotopic (exact) mass is 264 g/mol. The fourth-order valence-electron chi connectivity index (χ4n) is 2.60. The second-order valence-electron chi connectivity index (χ2n) is 6.52. The summed E-state index contributed by atoms with van der Waals surface area (Å²) in [5.74, 6) is 0.497. The zero-order valence-electron chi connectivity index (χ0n) is 12.4. The number of nitrogens with zero attached hydrogens (tertiary/aromatic N) is 1. The zero-order valence-corrected chi connectivity index (χ0v) is 12.4. The Morgan fingerprint density at radius 1 is 1.37 bits per heavy atom. The van der Waals surface area contributed by atoms with Gasteiger partial charge in [-0.25, -0.2) is 4.39 Å². The van der Waals surface area contributed by atoms with E-state index in [0.717, 1.165) is 18.7 Å². The van der Waals surface area contributed by atoms with E-state index in [2.05, 4.69) is 37.9 Å². The third-order valence-corrected chi connectivity index (χ3v) is 4.19. The van der Waals surface area contributed by atoms with Crippen LogP contribution >= 0.6 is 0 Å². The molecule has 0 aliphatic carbocycles. The van der Waals surface area contributed by atoms with Crippen molar-refractivity contribution >= 4 is 0 Å². The number of halogens is 1. The minimum Gasteiger partial charge on any atom is -0.311 e. The van der Waals surface area contributed by atoms with Crippen molar-refractivity contribution in [2.75, 3.05) is 13.1 Å². The van der Waals surface area contributed by atoms with Crippen LogP contribution in [0, 0.1) is 11.7 Å². The van der Waals surface area contributed by atoms with Crippen molar-refractivity contribution in [1.29, 1.82) is 0 Å². The Balaban J connectivity index is 2.14. The largest absolute Gasteiger partial charge is 0.311 e. The molecule has 106 valence electrons. The highest BCUT2D eigenvalue weighted by Gasteiger charge is 2.35. The predicted molar refractivity (Wildman–Crippen MR) is 77.5 cm³/mol. The van der Waals surface area contributed by atoms with E-state index in [1.807, 2.05) is 12.1 Å². The van der Waals surface area contributed by atoms with Gasteiger partial charge in [0.15, 0.2) is 0 Å². The highest BCUT2D eigenvalue weighted by molar-refractivity contribution is 5.18. The Labute approximate surface area is 116 Å². The molecule has 1 unspecified atom stereocenters. The molecule has 0 bridgehead atoms. The molecule has 1 aromatic carbocycles. The summed E-state index contributed by atoms with van der Waals surface area (Å²) < 4.78 is 13.8. The number of benzene rings is 1. The second kappa shape index (κ2) is 5.59. The first kappa shape index (κ1) is 14.5. The van der Waals surface area contributed by atoms with Gasteiger partial charge in [-0.1, -0.05) is 32.0 Å². The molecule has 1 atom stereocenters. The average molecular weight is 264 g/mol. The third kappa shape index (κ3) is 3.34. The van der Waals surface area contributed by atoms with Crippen molar-refractivity contribution in [3.63, 3.8) is 0 Å². The molecular weight excluding hydrogens is 239 g/mol. The van der Waals surface area contributed by atoms with Gasteiger partial charge in [0, 0.05) is 36.8 Å². The zero-order chi connectivity index (χ0) is 14.0. The van der Waals surface area contributed by atoms with E-state index in [4.69, 9.17) is 0 Å². The maximum Gasteiger partial charge on any atom is 0.127 e. The summed E-state index contributed by atoms with van der Waals surface area (Å²) in [4.78, 5) is 2.40. The van der Waals surface area contributed by atoms with Crippen LogP contribution in [0.4, 0.5) is 4.39 Å². The van der Waals surface area contributed by atoms with Gasteiger partial charge in [-0.2, -0.15) is 0 Å². The van der Waals surface area contributed by atoms with Crippen LogP contribution in [-0.4, -0.2) is 29.6 Å². The molecule has 1 aliphatic heterocycles. The minimum absolute atomic E-state index is 0.0632. The predicted octanol–water partition coefficient (Wildman–Crippen LogP) is 3.03. The standard InChI is InChI=1S/C16H25FN2/c1-12(2)15-10-19(16(3,4)11-18-15)9-13-7-5-6-8-14(13)17/h5-8,12,15,18H,9-11H2,1-4H3.